The van der Waals surface area contributed by atoms with Gasteiger partial charge in [-0.05, 0) is 24.6 Å². The minimum Gasteiger partial charge on any atom is -0.493 e. The van der Waals surface area contributed by atoms with Gasteiger partial charge in [-0.3, -0.25) is 4.79 Å². The third-order valence-corrected chi connectivity index (χ3v) is 4.51. The average molecular weight is 335 g/mol. The molecule has 0 bridgehead atoms. The maximum absolute atomic E-state index is 12.2. The van der Waals surface area contributed by atoms with Crippen molar-refractivity contribution in [1.29, 1.82) is 0 Å². The minimum absolute atomic E-state index is 0.0345. The van der Waals surface area contributed by atoms with Gasteiger partial charge in [0.15, 0.2) is 16.7 Å². The zero-order valence-corrected chi connectivity index (χ0v) is 14.5. The lowest BCUT2D eigenvalue weighted by Gasteiger charge is -2.13. The molecule has 2 aromatic rings. The third-order valence-electron chi connectivity index (χ3n) is 3.34. The maximum atomic E-state index is 12.2. The van der Waals surface area contributed by atoms with Gasteiger partial charge in [-0.15, -0.1) is 0 Å². The van der Waals surface area contributed by atoms with Crippen LogP contribution >= 0.6 is 11.8 Å². The van der Waals surface area contributed by atoms with Crippen LogP contribution in [0.25, 0.3) is 0 Å². The van der Waals surface area contributed by atoms with Crippen LogP contribution in [0.3, 0.4) is 0 Å². The summed E-state index contributed by atoms with van der Waals surface area (Å²) in [5.74, 6) is 1.28. The molecule has 1 heterocycles. The average Bonchev–Trinajstić information content (AvgIpc) is 2.97. The quantitative estimate of drug-likeness (QED) is 0.786. The van der Waals surface area contributed by atoms with E-state index in [1.165, 1.54) is 11.8 Å². The van der Waals surface area contributed by atoms with Gasteiger partial charge < -0.3 is 19.4 Å². The molecule has 0 spiro atoms. The second kappa shape index (κ2) is 7.92. The molecular weight excluding hydrogens is 314 g/mol. The third kappa shape index (κ3) is 4.41. The summed E-state index contributed by atoms with van der Waals surface area (Å²) in [7, 11) is 5.09. The highest BCUT2D eigenvalue weighted by molar-refractivity contribution is 8.00. The van der Waals surface area contributed by atoms with Crippen molar-refractivity contribution in [2.75, 3.05) is 14.2 Å². The number of nitrogens with zero attached hydrogens (tertiary/aromatic N) is 2. The first kappa shape index (κ1) is 17.2. The summed E-state index contributed by atoms with van der Waals surface area (Å²) in [6, 6.07) is 5.58. The fourth-order valence-electron chi connectivity index (χ4n) is 2.00. The predicted molar refractivity (Wildman–Crippen MR) is 89.9 cm³/mol. The summed E-state index contributed by atoms with van der Waals surface area (Å²) < 4.78 is 12.4. The van der Waals surface area contributed by atoms with Crippen LogP contribution in [-0.4, -0.2) is 34.9 Å². The Balaban J connectivity index is 1.92. The Morgan fingerprint density at radius 2 is 2.09 bits per heavy atom. The van der Waals surface area contributed by atoms with E-state index in [1.54, 1.807) is 20.4 Å². The Labute approximate surface area is 140 Å². The van der Waals surface area contributed by atoms with Gasteiger partial charge >= 0.3 is 0 Å². The number of carbonyl (C=O) groups excluding carboxylic acids is 1. The smallest absolute Gasteiger partial charge is 0.233 e. The van der Waals surface area contributed by atoms with Crippen LogP contribution in [0, 0.1) is 0 Å². The van der Waals surface area contributed by atoms with Gasteiger partial charge in [0.1, 0.15) is 0 Å². The number of methoxy groups -OCH3 is 2. The van der Waals surface area contributed by atoms with Gasteiger partial charge in [0, 0.05) is 26.0 Å². The molecule has 1 amide bonds. The number of aromatic nitrogens is 2. The van der Waals surface area contributed by atoms with Gasteiger partial charge in [-0.25, -0.2) is 4.98 Å². The maximum Gasteiger partial charge on any atom is 0.233 e. The van der Waals surface area contributed by atoms with Crippen LogP contribution in [0.5, 0.6) is 11.5 Å². The number of aryl methyl sites for hydroxylation is 1. The van der Waals surface area contributed by atoms with E-state index in [0.29, 0.717) is 18.0 Å². The van der Waals surface area contributed by atoms with Crippen molar-refractivity contribution in [3.05, 3.63) is 36.2 Å². The zero-order valence-electron chi connectivity index (χ0n) is 13.7. The molecule has 7 heteroatoms. The largest absolute Gasteiger partial charge is 0.493 e. The van der Waals surface area contributed by atoms with E-state index in [2.05, 4.69) is 10.3 Å². The van der Waals surface area contributed by atoms with E-state index in [-0.39, 0.29) is 11.2 Å². The number of nitrogens with one attached hydrogen (secondary N) is 1. The molecule has 0 aliphatic rings. The van der Waals surface area contributed by atoms with E-state index in [9.17, 15) is 4.79 Å². The number of ether oxygens (including phenoxy) is 2. The molecule has 23 heavy (non-hydrogen) atoms. The highest BCUT2D eigenvalue weighted by Gasteiger charge is 2.16. The van der Waals surface area contributed by atoms with Gasteiger partial charge in [0.05, 0.1) is 19.5 Å². The number of hydrogen-bond acceptors (Lipinski definition) is 5. The molecule has 0 radical (unpaired) electrons. The molecule has 1 aromatic heterocycles. The minimum atomic E-state index is -0.226. The first-order valence-corrected chi connectivity index (χ1v) is 8.05. The number of imidazole rings is 1. The first-order valence-electron chi connectivity index (χ1n) is 7.17. The topological polar surface area (TPSA) is 65.4 Å². The van der Waals surface area contributed by atoms with Crippen molar-refractivity contribution >= 4 is 17.7 Å². The Kier molecular flexibility index (Phi) is 5.92. The summed E-state index contributed by atoms with van der Waals surface area (Å²) in [6.45, 7) is 2.30. The molecule has 124 valence electrons. The summed E-state index contributed by atoms with van der Waals surface area (Å²) in [5.41, 5.74) is 0.949. The second-order valence-corrected chi connectivity index (χ2v) is 6.30. The Hall–Kier alpha value is -2.15. The summed E-state index contributed by atoms with van der Waals surface area (Å²) >= 11 is 1.43. The zero-order chi connectivity index (χ0) is 16.8. The fraction of sp³-hybridized carbons (Fsp3) is 0.375. The Morgan fingerprint density at radius 1 is 1.35 bits per heavy atom. The molecule has 0 aliphatic heterocycles. The number of thioether (sulfide) groups is 1. The molecule has 0 aliphatic carbocycles. The lowest BCUT2D eigenvalue weighted by molar-refractivity contribution is -0.120. The summed E-state index contributed by atoms with van der Waals surface area (Å²) in [4.78, 5) is 16.4. The highest BCUT2D eigenvalue weighted by Crippen LogP contribution is 2.27. The Bertz CT molecular complexity index is 672. The van der Waals surface area contributed by atoms with E-state index in [1.807, 2.05) is 42.9 Å². The molecule has 0 saturated heterocycles. The van der Waals surface area contributed by atoms with Crippen molar-refractivity contribution in [2.24, 2.45) is 7.05 Å². The van der Waals surface area contributed by atoms with Crippen molar-refractivity contribution in [3.63, 3.8) is 0 Å². The van der Waals surface area contributed by atoms with E-state index in [4.69, 9.17) is 9.47 Å². The van der Waals surface area contributed by atoms with Crippen molar-refractivity contribution in [3.8, 4) is 11.5 Å². The molecule has 1 atom stereocenters. The Morgan fingerprint density at radius 3 is 2.70 bits per heavy atom. The van der Waals surface area contributed by atoms with Crippen LogP contribution in [0.2, 0.25) is 0 Å². The highest BCUT2D eigenvalue weighted by atomic mass is 32.2. The standard InChI is InChI=1S/C16H21N3O3S/c1-11(23-16-17-7-8-19(16)2)15(20)18-10-12-5-6-13(21-3)14(9-12)22-4/h5-9,11H,10H2,1-4H3,(H,18,20)/t11-/m0/s1. The second-order valence-electron chi connectivity index (χ2n) is 4.99. The lowest BCUT2D eigenvalue weighted by atomic mass is 10.2. The van der Waals surface area contributed by atoms with Crippen LogP contribution in [0.1, 0.15) is 12.5 Å². The van der Waals surface area contributed by atoms with Crippen LogP contribution in [-0.2, 0) is 18.4 Å². The molecule has 1 N–H and O–H groups in total. The number of rotatable bonds is 7. The summed E-state index contributed by atoms with van der Waals surface area (Å²) in [6.07, 6.45) is 3.58. The van der Waals surface area contributed by atoms with E-state index in [0.717, 1.165) is 10.7 Å². The molecule has 2 rings (SSSR count). The van der Waals surface area contributed by atoms with Crippen LogP contribution < -0.4 is 14.8 Å². The molecule has 0 unspecified atom stereocenters. The SMILES string of the molecule is COc1ccc(CNC(=O)[C@H](C)Sc2nccn2C)cc1OC. The fourth-order valence-corrected chi connectivity index (χ4v) is 2.86. The van der Waals surface area contributed by atoms with Gasteiger partial charge in [-0.1, -0.05) is 17.8 Å². The van der Waals surface area contributed by atoms with Crippen LogP contribution in [0.4, 0.5) is 0 Å². The molecule has 0 fully saturated rings. The molecule has 6 nitrogen and oxygen atoms in total. The number of benzene rings is 1. The monoisotopic (exact) mass is 335 g/mol. The molecule has 1 aromatic carbocycles. The first-order chi connectivity index (χ1) is 11.0. The van der Waals surface area contributed by atoms with Gasteiger partial charge in [-0.2, -0.15) is 0 Å². The van der Waals surface area contributed by atoms with E-state index >= 15 is 0 Å². The molecular formula is C16H21N3O3S. The van der Waals surface area contributed by atoms with Gasteiger partial charge in [0.2, 0.25) is 5.91 Å². The normalized spacial score (nSPS) is 11.8. The van der Waals surface area contributed by atoms with E-state index < -0.39 is 0 Å². The summed E-state index contributed by atoms with van der Waals surface area (Å²) in [5, 5.41) is 3.52. The number of carbonyl (C=O) groups is 1. The van der Waals surface area contributed by atoms with Gasteiger partial charge in [0.25, 0.3) is 0 Å². The van der Waals surface area contributed by atoms with Crippen molar-refractivity contribution in [2.45, 2.75) is 23.9 Å². The van der Waals surface area contributed by atoms with Crippen LogP contribution in [0.15, 0.2) is 35.7 Å². The predicted octanol–water partition coefficient (Wildman–Crippen LogP) is 2.23. The van der Waals surface area contributed by atoms with Crippen molar-refractivity contribution in [1.82, 2.24) is 14.9 Å². The van der Waals surface area contributed by atoms with Crippen molar-refractivity contribution < 1.29 is 14.3 Å². The number of amides is 1. The number of hydrogen-bond donors (Lipinski definition) is 1. The lowest BCUT2D eigenvalue weighted by Crippen LogP contribution is -2.30. The molecule has 0 saturated carbocycles.